The molecular weight excluding hydrogens is 476 g/mol. The van der Waals surface area contributed by atoms with Crippen LogP contribution in [0, 0.1) is 10.1 Å². The zero-order valence-corrected chi connectivity index (χ0v) is 19.0. The van der Waals surface area contributed by atoms with E-state index in [9.17, 15) is 23.3 Å². The van der Waals surface area contributed by atoms with Crippen LogP contribution in [0.25, 0.3) is 11.5 Å². The summed E-state index contributed by atoms with van der Waals surface area (Å²) in [5.74, 6) is -0.519. The number of non-ortho nitro benzene ring substituents is 1. The SMILES string of the molecule is CC(OC(=O)c1ccccc1NS(=O)(=O)c1cccc([N+](=O)[O-])c1)c1nnc(-c2ccccc2)o1. The highest BCUT2D eigenvalue weighted by Crippen LogP contribution is 2.26. The first kappa shape index (κ1) is 23.6. The maximum atomic E-state index is 12.9. The van der Waals surface area contributed by atoms with E-state index < -0.39 is 27.0 Å². The van der Waals surface area contributed by atoms with Gasteiger partial charge in [-0.15, -0.1) is 10.2 Å². The van der Waals surface area contributed by atoms with Crippen molar-refractivity contribution in [2.24, 2.45) is 0 Å². The number of nitrogens with one attached hydrogen (secondary N) is 1. The Morgan fingerprint density at radius 3 is 2.49 bits per heavy atom. The van der Waals surface area contributed by atoms with Crippen molar-refractivity contribution in [3.63, 3.8) is 0 Å². The van der Waals surface area contributed by atoms with Crippen LogP contribution in [0.4, 0.5) is 11.4 Å². The van der Waals surface area contributed by atoms with Crippen molar-refractivity contribution in [3.8, 4) is 11.5 Å². The lowest BCUT2D eigenvalue weighted by atomic mass is 10.2. The molecule has 0 spiro atoms. The number of para-hydroxylation sites is 1. The number of benzene rings is 3. The Morgan fingerprint density at radius 1 is 1.03 bits per heavy atom. The van der Waals surface area contributed by atoms with Crippen LogP contribution in [0.5, 0.6) is 0 Å². The third-order valence-corrected chi connectivity index (χ3v) is 6.19. The number of carbonyl (C=O) groups is 1. The van der Waals surface area contributed by atoms with E-state index in [1.165, 1.54) is 49.4 Å². The van der Waals surface area contributed by atoms with Gasteiger partial charge in [-0.1, -0.05) is 36.4 Å². The van der Waals surface area contributed by atoms with Crippen LogP contribution < -0.4 is 4.72 Å². The van der Waals surface area contributed by atoms with Gasteiger partial charge in [0, 0.05) is 17.7 Å². The molecule has 3 aromatic carbocycles. The third kappa shape index (κ3) is 5.33. The van der Waals surface area contributed by atoms with Gasteiger partial charge < -0.3 is 9.15 Å². The highest BCUT2D eigenvalue weighted by Gasteiger charge is 2.24. The molecule has 1 atom stereocenters. The van der Waals surface area contributed by atoms with Crippen LogP contribution in [0.3, 0.4) is 0 Å². The summed E-state index contributed by atoms with van der Waals surface area (Å²) in [5, 5.41) is 18.9. The van der Waals surface area contributed by atoms with Crippen LogP contribution in [-0.2, 0) is 14.8 Å². The molecule has 1 unspecified atom stereocenters. The van der Waals surface area contributed by atoms with Gasteiger partial charge in [0.1, 0.15) is 0 Å². The summed E-state index contributed by atoms with van der Waals surface area (Å²) in [6.07, 6.45) is -0.922. The first-order valence-corrected chi connectivity index (χ1v) is 11.7. The van der Waals surface area contributed by atoms with E-state index in [1.54, 1.807) is 12.1 Å². The number of aromatic nitrogens is 2. The largest absolute Gasteiger partial charge is 0.449 e. The Balaban J connectivity index is 1.53. The van der Waals surface area contributed by atoms with Crippen LogP contribution in [0.2, 0.25) is 0 Å². The fraction of sp³-hybridized carbons (Fsp3) is 0.0870. The number of carbonyl (C=O) groups excluding carboxylic acids is 1. The molecule has 0 saturated carbocycles. The lowest BCUT2D eigenvalue weighted by Gasteiger charge is -2.14. The number of esters is 1. The van der Waals surface area contributed by atoms with Crippen LogP contribution >= 0.6 is 0 Å². The molecule has 1 heterocycles. The second-order valence-electron chi connectivity index (χ2n) is 7.26. The quantitative estimate of drug-likeness (QED) is 0.214. The highest BCUT2D eigenvalue weighted by molar-refractivity contribution is 7.92. The predicted molar refractivity (Wildman–Crippen MR) is 124 cm³/mol. The second-order valence-corrected chi connectivity index (χ2v) is 8.95. The average molecular weight is 494 g/mol. The second kappa shape index (κ2) is 9.73. The average Bonchev–Trinajstić information content (AvgIpc) is 3.35. The summed E-state index contributed by atoms with van der Waals surface area (Å²) in [6, 6.07) is 19.4. The molecule has 0 amide bonds. The van der Waals surface area contributed by atoms with E-state index >= 15 is 0 Å². The summed E-state index contributed by atoms with van der Waals surface area (Å²) < 4.78 is 38.9. The summed E-state index contributed by atoms with van der Waals surface area (Å²) in [4.78, 5) is 22.8. The van der Waals surface area contributed by atoms with Gasteiger partial charge in [0.05, 0.1) is 21.1 Å². The number of hydrogen-bond donors (Lipinski definition) is 1. The Morgan fingerprint density at radius 2 is 1.74 bits per heavy atom. The Hall–Kier alpha value is -4.58. The molecule has 0 saturated heterocycles. The maximum absolute atomic E-state index is 12.9. The van der Waals surface area contributed by atoms with Gasteiger partial charge in [-0.25, -0.2) is 13.2 Å². The molecule has 0 aliphatic rings. The first-order valence-electron chi connectivity index (χ1n) is 10.2. The molecule has 0 aliphatic carbocycles. The van der Waals surface area contributed by atoms with E-state index in [0.29, 0.717) is 5.56 Å². The fourth-order valence-corrected chi connectivity index (χ4v) is 4.21. The van der Waals surface area contributed by atoms with E-state index in [1.807, 2.05) is 18.2 Å². The zero-order chi connectivity index (χ0) is 25.0. The Kier molecular flexibility index (Phi) is 6.55. The van der Waals surface area contributed by atoms with Gasteiger partial charge in [-0.05, 0) is 37.3 Å². The smallest absolute Gasteiger partial charge is 0.341 e. The molecule has 178 valence electrons. The van der Waals surface area contributed by atoms with E-state index in [-0.39, 0.29) is 33.6 Å². The molecule has 1 aromatic heterocycles. The number of rotatable bonds is 8. The molecule has 35 heavy (non-hydrogen) atoms. The van der Waals surface area contributed by atoms with Crippen molar-refractivity contribution < 1.29 is 27.3 Å². The standard InChI is InChI=1S/C23H18N4O7S/c1-15(21-24-25-22(34-21)16-8-3-2-4-9-16)33-23(28)19-12-5-6-13-20(19)26-35(31,32)18-11-7-10-17(14-18)27(29)30/h2-15,26H,1H3. The molecule has 0 radical (unpaired) electrons. The number of nitro groups is 1. The monoisotopic (exact) mass is 494 g/mol. The van der Waals surface area contributed by atoms with E-state index in [0.717, 1.165) is 6.07 Å². The van der Waals surface area contributed by atoms with Crippen molar-refractivity contribution in [2.45, 2.75) is 17.9 Å². The lowest BCUT2D eigenvalue weighted by Crippen LogP contribution is -2.17. The van der Waals surface area contributed by atoms with Gasteiger partial charge >= 0.3 is 5.97 Å². The maximum Gasteiger partial charge on any atom is 0.341 e. The molecule has 0 fully saturated rings. The molecular formula is C23H18N4O7S. The number of anilines is 1. The summed E-state index contributed by atoms with van der Waals surface area (Å²) in [5.41, 5.74) is 0.178. The molecule has 0 bridgehead atoms. The summed E-state index contributed by atoms with van der Waals surface area (Å²) in [7, 11) is -4.24. The van der Waals surface area contributed by atoms with Crippen LogP contribution in [0.1, 0.15) is 29.3 Å². The van der Waals surface area contributed by atoms with Crippen LogP contribution in [-0.4, -0.2) is 29.5 Å². The number of nitrogens with zero attached hydrogens (tertiary/aromatic N) is 3. The van der Waals surface area contributed by atoms with Gasteiger partial charge in [0.15, 0.2) is 6.10 Å². The lowest BCUT2D eigenvalue weighted by molar-refractivity contribution is -0.385. The third-order valence-electron chi connectivity index (χ3n) is 4.82. The van der Waals surface area contributed by atoms with E-state index in [4.69, 9.17) is 9.15 Å². The molecule has 1 N–H and O–H groups in total. The van der Waals surface area contributed by atoms with Gasteiger partial charge in [-0.2, -0.15) is 0 Å². The minimum absolute atomic E-state index is 0.0619. The van der Waals surface area contributed by atoms with E-state index in [2.05, 4.69) is 14.9 Å². The van der Waals surface area contributed by atoms with Crippen molar-refractivity contribution in [3.05, 3.63) is 100 Å². The minimum atomic E-state index is -4.24. The number of nitro benzene ring substituents is 1. The molecule has 4 rings (SSSR count). The fourth-order valence-electron chi connectivity index (χ4n) is 3.09. The molecule has 4 aromatic rings. The summed E-state index contributed by atoms with van der Waals surface area (Å²) >= 11 is 0. The topological polar surface area (TPSA) is 155 Å². The normalized spacial score (nSPS) is 12.0. The highest BCUT2D eigenvalue weighted by atomic mass is 32.2. The number of hydrogen-bond acceptors (Lipinski definition) is 9. The van der Waals surface area contributed by atoms with Crippen molar-refractivity contribution in [1.82, 2.24) is 10.2 Å². The molecule has 12 heteroatoms. The van der Waals surface area contributed by atoms with Crippen LogP contribution in [0.15, 0.2) is 88.2 Å². The van der Waals surface area contributed by atoms with Gasteiger partial charge in [0.2, 0.25) is 5.89 Å². The number of sulfonamides is 1. The minimum Gasteiger partial charge on any atom is -0.449 e. The Labute approximate surface area is 199 Å². The van der Waals surface area contributed by atoms with Gasteiger partial charge in [0.25, 0.3) is 21.6 Å². The first-order chi connectivity index (χ1) is 16.7. The predicted octanol–water partition coefficient (Wildman–Crippen LogP) is 4.36. The van der Waals surface area contributed by atoms with Crippen molar-refractivity contribution in [1.29, 1.82) is 0 Å². The molecule has 11 nitrogen and oxygen atoms in total. The number of ether oxygens (including phenoxy) is 1. The van der Waals surface area contributed by atoms with Crippen molar-refractivity contribution in [2.75, 3.05) is 4.72 Å². The molecule has 0 aliphatic heterocycles. The summed E-state index contributed by atoms with van der Waals surface area (Å²) in [6.45, 7) is 1.54. The van der Waals surface area contributed by atoms with Gasteiger partial charge in [-0.3, -0.25) is 14.8 Å². The Bertz CT molecular complexity index is 1490. The zero-order valence-electron chi connectivity index (χ0n) is 18.2. The van der Waals surface area contributed by atoms with Crippen molar-refractivity contribution >= 4 is 27.4 Å².